The first-order valence-electron chi connectivity index (χ1n) is 5.65. The first kappa shape index (κ1) is 12.6. The van der Waals surface area contributed by atoms with Crippen molar-refractivity contribution in [1.29, 1.82) is 5.26 Å². The minimum Gasteiger partial charge on any atom is -0.197 e. The highest BCUT2D eigenvalue weighted by atomic mass is 32.1. The van der Waals surface area contributed by atoms with Gasteiger partial charge in [-0.15, -0.1) is 0 Å². The van der Waals surface area contributed by atoms with Crippen molar-refractivity contribution in [1.82, 2.24) is 0 Å². The molecule has 15 heavy (non-hydrogen) atoms. The average Bonchev–Trinajstić information content (AvgIpc) is 2.19. The van der Waals surface area contributed by atoms with Gasteiger partial charge < -0.3 is 0 Å². The third kappa shape index (κ3) is 2.58. The van der Waals surface area contributed by atoms with Gasteiger partial charge in [-0.05, 0) is 36.5 Å². The summed E-state index contributed by atoms with van der Waals surface area (Å²) in [6.45, 7) is 11.1. The van der Waals surface area contributed by atoms with Crippen molar-refractivity contribution >= 4 is 12.6 Å². The first-order valence-corrected chi connectivity index (χ1v) is 6.16. The molecule has 1 saturated carbocycles. The Labute approximate surface area is 99.0 Å². The van der Waals surface area contributed by atoms with Crippen molar-refractivity contribution < 1.29 is 0 Å². The lowest BCUT2D eigenvalue weighted by Gasteiger charge is -2.45. The summed E-state index contributed by atoms with van der Waals surface area (Å²) in [5.41, 5.74) is 1.57. The molecule has 0 aromatic heterocycles. The molecule has 3 atom stereocenters. The summed E-state index contributed by atoms with van der Waals surface area (Å²) in [6.07, 6.45) is 3.18. The summed E-state index contributed by atoms with van der Waals surface area (Å²) in [5.74, 6) is 1.15. The summed E-state index contributed by atoms with van der Waals surface area (Å²) in [6, 6.07) is 2.21. The number of thiol groups is 1. The van der Waals surface area contributed by atoms with Crippen molar-refractivity contribution in [2.75, 3.05) is 0 Å². The number of nitriles is 1. The van der Waals surface area contributed by atoms with Gasteiger partial charge in [0.15, 0.2) is 0 Å². The lowest BCUT2D eigenvalue weighted by Crippen LogP contribution is -2.37. The topological polar surface area (TPSA) is 23.8 Å². The van der Waals surface area contributed by atoms with E-state index in [0.29, 0.717) is 11.8 Å². The van der Waals surface area contributed by atoms with Gasteiger partial charge in [0.1, 0.15) is 0 Å². The van der Waals surface area contributed by atoms with Crippen LogP contribution in [0.5, 0.6) is 0 Å². The van der Waals surface area contributed by atoms with Crippen LogP contribution in [0.4, 0.5) is 0 Å². The van der Waals surface area contributed by atoms with E-state index in [2.05, 4.69) is 46.0 Å². The lowest BCUT2D eigenvalue weighted by molar-refractivity contribution is 0.108. The van der Waals surface area contributed by atoms with Crippen LogP contribution < -0.4 is 0 Å². The second kappa shape index (κ2) is 4.61. The summed E-state index contributed by atoms with van der Waals surface area (Å²) >= 11 is 4.29. The summed E-state index contributed by atoms with van der Waals surface area (Å²) in [5, 5.41) is 8.68. The van der Waals surface area contributed by atoms with Gasteiger partial charge in [-0.25, -0.2) is 0 Å². The zero-order valence-corrected chi connectivity index (χ0v) is 10.8. The van der Waals surface area contributed by atoms with E-state index in [9.17, 15) is 0 Å². The highest BCUT2D eigenvalue weighted by molar-refractivity contribution is 7.81. The lowest BCUT2D eigenvalue weighted by atomic mass is 9.60. The maximum absolute atomic E-state index is 8.83. The van der Waals surface area contributed by atoms with Crippen LogP contribution in [0.3, 0.4) is 0 Å². The van der Waals surface area contributed by atoms with E-state index < -0.39 is 0 Å². The molecule has 1 aliphatic rings. The van der Waals surface area contributed by atoms with Crippen LogP contribution in [0.2, 0.25) is 0 Å². The minimum absolute atomic E-state index is 0.156. The molecule has 0 saturated heterocycles. The standard InChI is InChI=1S/C13H21NS/c1-9-5-6-10(2)13(3,4)12(9)7-11(15)8-14/h10-12,15H,1,5-7H2,2-4H3/t10-,11?,12+/m1/s1. The molecule has 0 aliphatic heterocycles. The van der Waals surface area contributed by atoms with Gasteiger partial charge in [0.25, 0.3) is 0 Å². The summed E-state index contributed by atoms with van der Waals surface area (Å²) in [7, 11) is 0. The quantitative estimate of drug-likeness (QED) is 0.558. The van der Waals surface area contributed by atoms with Gasteiger partial charge in [0.05, 0.1) is 11.3 Å². The molecule has 0 radical (unpaired) electrons. The van der Waals surface area contributed by atoms with Gasteiger partial charge in [0.2, 0.25) is 0 Å². The van der Waals surface area contributed by atoms with Crippen molar-refractivity contribution in [3.8, 4) is 6.07 Å². The Bertz CT molecular complexity index is 287. The van der Waals surface area contributed by atoms with E-state index in [0.717, 1.165) is 12.8 Å². The first-order chi connectivity index (χ1) is 6.89. The van der Waals surface area contributed by atoms with E-state index in [1.807, 2.05) is 0 Å². The Morgan fingerprint density at radius 3 is 2.80 bits per heavy atom. The zero-order chi connectivity index (χ0) is 11.6. The minimum atomic E-state index is -0.156. The van der Waals surface area contributed by atoms with E-state index in [1.54, 1.807) is 0 Å². The highest BCUT2D eigenvalue weighted by Crippen LogP contribution is 2.49. The number of nitrogens with zero attached hydrogens (tertiary/aromatic N) is 1. The average molecular weight is 223 g/mol. The molecule has 1 nitrogen and oxygen atoms in total. The number of hydrogen-bond acceptors (Lipinski definition) is 2. The molecule has 0 aromatic carbocycles. The molecule has 0 heterocycles. The molecule has 0 aromatic rings. The monoisotopic (exact) mass is 223 g/mol. The maximum atomic E-state index is 8.83. The number of rotatable bonds is 2. The predicted molar refractivity (Wildman–Crippen MR) is 67.8 cm³/mol. The largest absolute Gasteiger partial charge is 0.197 e. The Balaban J connectivity index is 2.82. The Morgan fingerprint density at radius 2 is 2.27 bits per heavy atom. The SMILES string of the molecule is C=C1CC[C@@H](C)C(C)(C)[C@H]1CC(S)C#N. The smallest absolute Gasteiger partial charge is 0.0892 e. The van der Waals surface area contributed by atoms with Crippen molar-refractivity contribution in [2.45, 2.75) is 45.3 Å². The van der Waals surface area contributed by atoms with Crippen LogP contribution in [0, 0.1) is 28.6 Å². The molecule has 1 fully saturated rings. The Hall–Kier alpha value is -0.420. The molecule has 1 aliphatic carbocycles. The molecule has 0 bridgehead atoms. The van der Waals surface area contributed by atoms with Gasteiger partial charge in [-0.3, -0.25) is 0 Å². The van der Waals surface area contributed by atoms with Crippen molar-refractivity contribution in [3.63, 3.8) is 0 Å². The second-order valence-corrected chi connectivity index (χ2v) is 5.98. The van der Waals surface area contributed by atoms with Crippen LogP contribution in [-0.2, 0) is 0 Å². The molecule has 1 rings (SSSR count). The number of hydrogen-bond donors (Lipinski definition) is 1. The molecule has 0 spiro atoms. The molecular weight excluding hydrogens is 202 g/mol. The summed E-state index contributed by atoms with van der Waals surface area (Å²) in [4.78, 5) is 0. The van der Waals surface area contributed by atoms with E-state index >= 15 is 0 Å². The summed E-state index contributed by atoms with van der Waals surface area (Å²) < 4.78 is 0. The fourth-order valence-electron chi connectivity index (χ4n) is 2.56. The highest BCUT2D eigenvalue weighted by Gasteiger charge is 2.40. The van der Waals surface area contributed by atoms with Crippen molar-refractivity contribution in [2.24, 2.45) is 17.3 Å². The molecule has 2 heteroatoms. The van der Waals surface area contributed by atoms with E-state index in [-0.39, 0.29) is 10.7 Å². The van der Waals surface area contributed by atoms with E-state index in [4.69, 9.17) is 5.26 Å². The molecular formula is C13H21NS. The fourth-order valence-corrected chi connectivity index (χ4v) is 2.77. The van der Waals surface area contributed by atoms with Crippen LogP contribution >= 0.6 is 12.6 Å². The zero-order valence-electron chi connectivity index (χ0n) is 9.95. The fraction of sp³-hybridized carbons (Fsp3) is 0.769. The molecule has 0 N–H and O–H groups in total. The van der Waals surface area contributed by atoms with Crippen LogP contribution in [-0.4, -0.2) is 5.25 Å². The maximum Gasteiger partial charge on any atom is 0.0892 e. The van der Waals surface area contributed by atoms with Crippen molar-refractivity contribution in [3.05, 3.63) is 12.2 Å². The third-order valence-corrected chi connectivity index (χ3v) is 4.49. The third-order valence-electron chi connectivity index (χ3n) is 4.17. The van der Waals surface area contributed by atoms with Gasteiger partial charge in [-0.2, -0.15) is 17.9 Å². The normalized spacial score (nSPS) is 32.1. The Kier molecular flexibility index (Phi) is 3.89. The van der Waals surface area contributed by atoms with Gasteiger partial charge in [-0.1, -0.05) is 32.9 Å². The van der Waals surface area contributed by atoms with Gasteiger partial charge in [0, 0.05) is 0 Å². The van der Waals surface area contributed by atoms with Crippen LogP contribution in [0.1, 0.15) is 40.0 Å². The van der Waals surface area contributed by atoms with Crippen LogP contribution in [0.25, 0.3) is 0 Å². The van der Waals surface area contributed by atoms with Gasteiger partial charge >= 0.3 is 0 Å². The molecule has 0 amide bonds. The second-order valence-electron chi connectivity index (χ2n) is 5.35. The number of allylic oxidation sites excluding steroid dienone is 1. The van der Waals surface area contributed by atoms with E-state index in [1.165, 1.54) is 12.0 Å². The predicted octanol–water partition coefficient (Wildman–Crippen LogP) is 3.83. The molecule has 1 unspecified atom stereocenters. The Morgan fingerprint density at radius 1 is 1.67 bits per heavy atom. The molecule has 84 valence electrons. The van der Waals surface area contributed by atoms with Crippen LogP contribution in [0.15, 0.2) is 12.2 Å².